The van der Waals surface area contributed by atoms with E-state index >= 15 is 0 Å². The van der Waals surface area contributed by atoms with Crippen molar-refractivity contribution in [3.63, 3.8) is 0 Å². The van der Waals surface area contributed by atoms with Gasteiger partial charge in [0.15, 0.2) is 12.4 Å². The molecule has 166 valence electrons. The maximum Gasteiger partial charge on any atom is 0.324 e. The lowest BCUT2D eigenvalue weighted by molar-refractivity contribution is -0.146. The monoisotopic (exact) mass is 466 g/mol. The highest BCUT2D eigenvalue weighted by molar-refractivity contribution is 7.89. The second-order valence-corrected chi connectivity index (χ2v) is 9.77. The molecule has 3 rings (SSSR count). The number of esters is 1. The zero-order valence-electron chi connectivity index (χ0n) is 17.4. The molecule has 2 aromatic rings. The van der Waals surface area contributed by atoms with Crippen LogP contribution in [0.15, 0.2) is 29.2 Å². The van der Waals surface area contributed by atoms with Crippen LogP contribution in [-0.4, -0.2) is 54.4 Å². The number of ketones is 2. The summed E-state index contributed by atoms with van der Waals surface area (Å²) >= 11 is 5.83. The maximum absolute atomic E-state index is 12.9. The van der Waals surface area contributed by atoms with Gasteiger partial charge < -0.3 is 9.72 Å². The number of halogens is 1. The third-order valence-corrected chi connectivity index (χ3v) is 7.48. The smallest absolute Gasteiger partial charge is 0.324 e. The van der Waals surface area contributed by atoms with Crippen LogP contribution in [0, 0.1) is 13.8 Å². The van der Waals surface area contributed by atoms with E-state index in [1.807, 2.05) is 0 Å². The molecule has 0 amide bonds. The van der Waals surface area contributed by atoms with Gasteiger partial charge in [-0.25, -0.2) is 8.42 Å². The first-order valence-corrected chi connectivity index (χ1v) is 11.5. The lowest BCUT2D eigenvalue weighted by atomic mass is 10.1. The molecule has 8 nitrogen and oxygen atoms in total. The number of aromatic nitrogens is 1. The largest absolute Gasteiger partial charge is 0.456 e. The number of hydrogen-bond acceptors (Lipinski definition) is 6. The minimum absolute atomic E-state index is 0.0296. The van der Waals surface area contributed by atoms with Gasteiger partial charge in [-0.05, 0) is 63.4 Å². The van der Waals surface area contributed by atoms with E-state index in [0.717, 1.165) is 4.31 Å². The number of hydrogen-bond donors (Lipinski definition) is 1. The first kappa shape index (κ1) is 23.2. The third kappa shape index (κ3) is 4.58. The Kier molecular flexibility index (Phi) is 6.68. The molecular formula is C21H23ClN2O6S. The van der Waals surface area contributed by atoms with Crippen molar-refractivity contribution in [2.24, 2.45) is 0 Å². The Hall–Kier alpha value is -2.49. The zero-order chi connectivity index (χ0) is 22.9. The van der Waals surface area contributed by atoms with Crippen LogP contribution in [0.1, 0.15) is 51.9 Å². The van der Waals surface area contributed by atoms with Crippen LogP contribution < -0.4 is 0 Å². The molecule has 2 heterocycles. The summed E-state index contributed by atoms with van der Waals surface area (Å²) in [4.78, 5) is 39.8. The van der Waals surface area contributed by atoms with E-state index in [1.54, 1.807) is 13.8 Å². The second kappa shape index (κ2) is 8.94. The Balaban J connectivity index is 1.71. The predicted octanol–water partition coefficient (Wildman–Crippen LogP) is 3.07. The van der Waals surface area contributed by atoms with Crippen LogP contribution in [0.2, 0.25) is 5.02 Å². The molecule has 1 fully saturated rings. The van der Waals surface area contributed by atoms with E-state index < -0.39 is 34.4 Å². The van der Waals surface area contributed by atoms with Gasteiger partial charge in [0.25, 0.3) is 0 Å². The summed E-state index contributed by atoms with van der Waals surface area (Å²) in [5, 5.41) is 0.401. The van der Waals surface area contributed by atoms with Crippen molar-refractivity contribution < 1.29 is 27.5 Å². The van der Waals surface area contributed by atoms with Crippen molar-refractivity contribution >= 4 is 39.2 Å². The van der Waals surface area contributed by atoms with Crippen molar-refractivity contribution in [3.05, 3.63) is 51.8 Å². The third-order valence-electron chi connectivity index (χ3n) is 5.31. The number of benzene rings is 1. The highest BCUT2D eigenvalue weighted by atomic mass is 35.5. The maximum atomic E-state index is 12.9. The molecule has 10 heteroatoms. The van der Waals surface area contributed by atoms with Crippen LogP contribution >= 0.6 is 11.6 Å². The minimum Gasteiger partial charge on any atom is -0.456 e. The van der Waals surface area contributed by atoms with Gasteiger partial charge in [-0.3, -0.25) is 14.4 Å². The number of nitrogens with one attached hydrogen (secondary N) is 1. The number of aryl methyl sites for hydroxylation is 1. The number of ether oxygens (including phenoxy) is 1. The van der Waals surface area contributed by atoms with Crippen molar-refractivity contribution in [2.45, 2.75) is 44.6 Å². The van der Waals surface area contributed by atoms with E-state index in [-0.39, 0.29) is 22.9 Å². The summed E-state index contributed by atoms with van der Waals surface area (Å²) in [6.07, 6.45) is 0.798. The van der Waals surface area contributed by atoms with E-state index in [4.69, 9.17) is 16.3 Å². The summed E-state index contributed by atoms with van der Waals surface area (Å²) < 4.78 is 32.1. The standard InChI is InChI=1S/C21H23ClN2O6S/c1-12-19(14(3)25)13(2)23-20(12)18(26)11-30-21(27)17-5-4-10-24(17)31(28,29)16-8-6-15(22)7-9-16/h6-9,17,23H,4-5,10-11H2,1-3H3. The van der Waals surface area contributed by atoms with Crippen molar-refractivity contribution in [2.75, 3.05) is 13.2 Å². The molecule has 0 bridgehead atoms. The number of sulfonamides is 1. The molecule has 1 saturated heterocycles. The van der Waals surface area contributed by atoms with Gasteiger partial charge in [0, 0.05) is 22.8 Å². The van der Waals surface area contributed by atoms with Gasteiger partial charge in [0.1, 0.15) is 6.04 Å². The van der Waals surface area contributed by atoms with Crippen LogP contribution in [0.25, 0.3) is 0 Å². The Morgan fingerprint density at radius 3 is 2.42 bits per heavy atom. The molecule has 1 aromatic heterocycles. The number of Topliss-reactive ketones (excluding diaryl/α,β-unsaturated/α-hetero) is 2. The second-order valence-electron chi connectivity index (χ2n) is 7.44. The lowest BCUT2D eigenvalue weighted by Crippen LogP contribution is -2.41. The fourth-order valence-corrected chi connectivity index (χ4v) is 5.64. The molecule has 1 N–H and O–H groups in total. The van der Waals surface area contributed by atoms with E-state index in [2.05, 4.69) is 4.98 Å². The van der Waals surface area contributed by atoms with Crippen molar-refractivity contribution in [1.82, 2.24) is 9.29 Å². The molecule has 0 radical (unpaired) electrons. The molecule has 31 heavy (non-hydrogen) atoms. The highest BCUT2D eigenvalue weighted by Gasteiger charge is 2.40. The van der Waals surface area contributed by atoms with Gasteiger partial charge in [0.05, 0.1) is 10.6 Å². The molecule has 0 spiro atoms. The normalized spacial score (nSPS) is 17.0. The topological polar surface area (TPSA) is 114 Å². The molecule has 1 atom stereocenters. The first-order valence-electron chi connectivity index (χ1n) is 9.71. The number of rotatable bonds is 7. The molecule has 1 aromatic carbocycles. The molecule has 1 unspecified atom stereocenters. The average Bonchev–Trinajstić information content (AvgIpc) is 3.31. The average molecular weight is 467 g/mol. The molecule has 1 aliphatic rings. The molecular weight excluding hydrogens is 444 g/mol. The Labute approximate surface area is 185 Å². The van der Waals surface area contributed by atoms with Gasteiger partial charge in [-0.1, -0.05) is 11.6 Å². The molecule has 1 aliphatic heterocycles. The number of nitrogens with zero attached hydrogens (tertiary/aromatic N) is 1. The van der Waals surface area contributed by atoms with E-state index in [0.29, 0.717) is 34.7 Å². The SMILES string of the molecule is CC(=O)c1c(C)[nH]c(C(=O)COC(=O)C2CCCN2S(=O)(=O)c2ccc(Cl)cc2)c1C. The van der Waals surface area contributed by atoms with Crippen LogP contribution in [0.4, 0.5) is 0 Å². The number of carbonyl (C=O) groups is 3. The fraction of sp³-hybridized carbons (Fsp3) is 0.381. The summed E-state index contributed by atoms with van der Waals surface area (Å²) in [7, 11) is -3.91. The van der Waals surface area contributed by atoms with Crippen LogP contribution in [-0.2, 0) is 19.6 Å². The van der Waals surface area contributed by atoms with Crippen LogP contribution in [0.5, 0.6) is 0 Å². The highest BCUT2D eigenvalue weighted by Crippen LogP contribution is 2.28. The predicted molar refractivity (Wildman–Crippen MR) is 114 cm³/mol. The first-order chi connectivity index (χ1) is 14.5. The number of carbonyl (C=O) groups excluding carboxylic acids is 3. The zero-order valence-corrected chi connectivity index (χ0v) is 19.0. The van der Waals surface area contributed by atoms with E-state index in [1.165, 1.54) is 31.2 Å². The van der Waals surface area contributed by atoms with Crippen molar-refractivity contribution in [1.29, 1.82) is 0 Å². The number of aromatic amines is 1. The van der Waals surface area contributed by atoms with Crippen molar-refractivity contribution in [3.8, 4) is 0 Å². The molecule has 0 saturated carbocycles. The van der Waals surface area contributed by atoms with Crippen LogP contribution in [0.3, 0.4) is 0 Å². The lowest BCUT2D eigenvalue weighted by Gasteiger charge is -2.22. The Morgan fingerprint density at radius 2 is 1.84 bits per heavy atom. The minimum atomic E-state index is -3.91. The van der Waals surface area contributed by atoms with E-state index in [9.17, 15) is 22.8 Å². The summed E-state index contributed by atoms with van der Waals surface area (Å²) in [6.45, 7) is 4.36. The van der Waals surface area contributed by atoms with Gasteiger partial charge in [-0.2, -0.15) is 4.31 Å². The molecule has 0 aliphatic carbocycles. The Morgan fingerprint density at radius 1 is 1.19 bits per heavy atom. The fourth-order valence-electron chi connectivity index (χ4n) is 3.87. The quantitative estimate of drug-likeness (QED) is 0.495. The van der Waals surface area contributed by atoms with Gasteiger partial charge >= 0.3 is 5.97 Å². The van der Waals surface area contributed by atoms with Gasteiger partial charge in [-0.15, -0.1) is 0 Å². The van der Waals surface area contributed by atoms with Gasteiger partial charge in [0.2, 0.25) is 15.8 Å². The summed E-state index contributed by atoms with van der Waals surface area (Å²) in [5.74, 6) is -1.45. The number of H-pyrrole nitrogens is 1. The summed E-state index contributed by atoms with van der Waals surface area (Å²) in [6, 6.07) is 4.68. The Bertz CT molecular complexity index is 1140. The summed E-state index contributed by atoms with van der Waals surface area (Å²) in [5.41, 5.74) is 1.70.